The maximum absolute atomic E-state index is 13.1. The van der Waals surface area contributed by atoms with E-state index in [1.54, 1.807) is 70.4 Å². The Kier molecular flexibility index (Phi) is 24.6. The molecule has 12 aromatic rings. The van der Waals surface area contributed by atoms with E-state index < -0.39 is 26.1 Å². The summed E-state index contributed by atoms with van der Waals surface area (Å²) < 4.78 is 33.2. The lowest BCUT2D eigenvalue weighted by Crippen LogP contribution is -2.42. The monoisotopic (exact) mass is 1510 g/mol. The minimum Gasteiger partial charge on any atom is -0.756 e. The predicted octanol–water partition coefficient (Wildman–Crippen LogP) is 12.7. The molecule has 1 unspecified atom stereocenters. The summed E-state index contributed by atoms with van der Waals surface area (Å²) in [6, 6.07) is 15.5. The average Bonchev–Trinajstić information content (AvgIpc) is 1.31. The highest BCUT2D eigenvalue weighted by Gasteiger charge is 2.41. The van der Waals surface area contributed by atoms with Crippen molar-refractivity contribution >= 4 is 76.6 Å². The van der Waals surface area contributed by atoms with E-state index in [0.717, 1.165) is 53.3 Å². The highest BCUT2D eigenvalue weighted by atomic mass is 32.1. The number of anilines is 3. The van der Waals surface area contributed by atoms with Crippen LogP contribution in [0.4, 0.5) is 17.1 Å². The summed E-state index contributed by atoms with van der Waals surface area (Å²) in [5.41, 5.74) is 8.99. The molecule has 0 spiro atoms. The maximum atomic E-state index is 13.1. The van der Waals surface area contributed by atoms with Crippen molar-refractivity contribution in [2.45, 2.75) is 149 Å². The van der Waals surface area contributed by atoms with Crippen molar-refractivity contribution in [1.29, 1.82) is 0 Å². The zero-order valence-electron chi connectivity index (χ0n) is 59.2. The molecule has 3 fully saturated rings. The van der Waals surface area contributed by atoms with Crippen molar-refractivity contribution in [2.24, 2.45) is 5.92 Å². The Morgan fingerprint density at radius 1 is 0.604 bits per heavy atom. The first-order valence-corrected chi connectivity index (χ1v) is 38.8. The third kappa shape index (κ3) is 19.2. The number of thiazole rings is 3. The van der Waals surface area contributed by atoms with Crippen LogP contribution in [-0.2, 0) is 25.3 Å². The second-order valence-corrected chi connectivity index (χ2v) is 29.5. The van der Waals surface area contributed by atoms with Crippen molar-refractivity contribution in [3.63, 3.8) is 0 Å². The maximum Gasteiger partial charge on any atom is 0.275 e. The molecule has 1 atom stereocenters. The van der Waals surface area contributed by atoms with E-state index >= 15 is 0 Å². The number of aryl methyl sites for hydroxylation is 1. The lowest BCUT2D eigenvalue weighted by molar-refractivity contribution is -0.223. The number of nitrogens with zero attached hydrogens (tertiary/aromatic N) is 16. The topological polar surface area (TPSA) is 402 Å². The van der Waals surface area contributed by atoms with Crippen molar-refractivity contribution in [2.75, 3.05) is 29.2 Å². The minimum absolute atomic E-state index is 0.0834. The summed E-state index contributed by atoms with van der Waals surface area (Å²) in [6.07, 6.45) is 29.7. The van der Waals surface area contributed by atoms with Crippen LogP contribution in [0.5, 0.6) is 0 Å². The van der Waals surface area contributed by atoms with Gasteiger partial charge in [0, 0.05) is 102 Å². The molecule has 3 aliphatic rings. The second-order valence-electron chi connectivity index (χ2n) is 25.8. The lowest BCUT2D eigenvalue weighted by atomic mass is 9.77. The summed E-state index contributed by atoms with van der Waals surface area (Å²) in [7, 11) is -4.87. The van der Waals surface area contributed by atoms with Gasteiger partial charge in [-0.25, -0.2) is 19.6 Å². The summed E-state index contributed by atoms with van der Waals surface area (Å²) in [4.78, 5) is 84.9. The van der Waals surface area contributed by atoms with Crippen LogP contribution >= 0.6 is 41.8 Å². The molecule has 3 saturated carbocycles. The number of H-pyrrole nitrogens is 2. The molecule has 12 heterocycles. The van der Waals surface area contributed by atoms with E-state index in [9.17, 15) is 28.9 Å². The molecule has 35 heteroatoms. The van der Waals surface area contributed by atoms with Gasteiger partial charge in [0.1, 0.15) is 55.9 Å². The first-order chi connectivity index (χ1) is 51.2. The predicted molar refractivity (Wildman–Crippen MR) is 399 cm³/mol. The van der Waals surface area contributed by atoms with E-state index in [-0.39, 0.29) is 47.8 Å². The van der Waals surface area contributed by atoms with Crippen LogP contribution in [-0.4, -0.2) is 148 Å². The van der Waals surface area contributed by atoms with E-state index in [1.165, 1.54) is 70.3 Å². The first kappa shape index (κ1) is 75.7. The number of aromatic nitrogens is 18. The zero-order chi connectivity index (χ0) is 74.5. The number of aliphatic hydroxyl groups is 1. The van der Waals surface area contributed by atoms with Gasteiger partial charge in [-0.3, -0.25) is 62.7 Å². The highest BCUT2D eigenvalue weighted by molar-refractivity contribution is 7.44. The van der Waals surface area contributed by atoms with Gasteiger partial charge in [-0.15, -0.1) is 34.0 Å². The number of carbonyl (C=O) groups is 3. The van der Waals surface area contributed by atoms with Gasteiger partial charge in [0.05, 0.1) is 88.7 Å². The molecule has 31 nitrogen and oxygen atoms in total. The van der Waals surface area contributed by atoms with Gasteiger partial charge in [0.15, 0.2) is 0 Å². The zero-order valence-corrected chi connectivity index (χ0v) is 62.6. The number of aromatic amines is 2. The fraction of sp³-hybridized carbons (Fsp3) is 0.366. The second kappa shape index (κ2) is 34.5. The molecule has 554 valence electrons. The van der Waals surface area contributed by atoms with Gasteiger partial charge in [-0.1, -0.05) is 58.2 Å². The average molecular weight is 1520 g/mol. The van der Waals surface area contributed by atoms with Crippen molar-refractivity contribution in [3.8, 4) is 65.9 Å². The van der Waals surface area contributed by atoms with Gasteiger partial charge in [0.2, 0.25) is 0 Å². The number of pyridine rings is 3. The number of carbonyl (C=O) groups excluding carboxylic acids is 3. The molecule has 15 rings (SSSR count). The number of ether oxygens (including phenoxy) is 2. The van der Waals surface area contributed by atoms with Crippen LogP contribution in [0.2, 0.25) is 0 Å². The quantitative estimate of drug-likeness (QED) is 0.0261. The van der Waals surface area contributed by atoms with Crippen molar-refractivity contribution < 1.29 is 47.8 Å². The highest BCUT2D eigenvalue weighted by Crippen LogP contribution is 2.43. The van der Waals surface area contributed by atoms with Crippen LogP contribution in [0.1, 0.15) is 154 Å². The Bertz CT molecular complexity index is 4870. The van der Waals surface area contributed by atoms with Gasteiger partial charge >= 0.3 is 0 Å². The Labute approximate surface area is 622 Å². The number of hydrogen-bond acceptors (Lipinski definition) is 24. The van der Waals surface area contributed by atoms with Crippen molar-refractivity contribution in [3.05, 3.63) is 162 Å². The summed E-state index contributed by atoms with van der Waals surface area (Å²) >= 11 is 4.00. The molecular formula is C71H81N21O10PS3-. The fourth-order valence-corrected chi connectivity index (χ4v) is 14.6. The fourth-order valence-electron chi connectivity index (χ4n) is 12.0. The van der Waals surface area contributed by atoms with E-state index in [1.807, 2.05) is 98.0 Å². The van der Waals surface area contributed by atoms with Crippen LogP contribution in [0.3, 0.4) is 0 Å². The molecule has 0 bridgehead atoms. The SMILES string of the molecule is CC1(O)CC(n2cc(NC(=O)c3csc(-c4cn[nH]c4)n3)c(-c3ccccn3)n2)C1.CCC(CC)CC.CCOC1CC(n2cc(NC(=O)c3csc(-c4cn[nH]c4)n3)c(-c3ccc(C)cn3)n2)C1.CCOC1CC(n2cc(NC(=O)c3csc(-c4cnn(COP(=O)([O-])O)c4)n3)c(-c3ccccn3)n2)C1. The normalized spacial score (nSPS) is 18.5. The molecule has 0 radical (unpaired) electrons. The van der Waals surface area contributed by atoms with Gasteiger partial charge < -0.3 is 40.3 Å². The minimum atomic E-state index is -4.87. The molecule has 0 aliphatic heterocycles. The third-order valence-electron chi connectivity index (χ3n) is 18.0. The van der Waals surface area contributed by atoms with Gasteiger partial charge in [-0.2, -0.15) is 30.6 Å². The number of hydrogen-bond donors (Lipinski definition) is 7. The molecule has 0 aromatic carbocycles. The van der Waals surface area contributed by atoms with Crippen LogP contribution < -0.4 is 20.8 Å². The molecule has 12 aromatic heterocycles. The number of phosphoric acid groups is 1. The van der Waals surface area contributed by atoms with E-state index in [0.29, 0.717) is 104 Å². The number of nitrogens with one attached hydrogen (secondary N) is 5. The van der Waals surface area contributed by atoms with E-state index in [4.69, 9.17) is 24.6 Å². The molecule has 0 saturated heterocycles. The van der Waals surface area contributed by atoms with E-state index in [2.05, 4.69) is 102 Å². The number of phosphoric ester groups is 1. The summed E-state index contributed by atoms with van der Waals surface area (Å²) in [5, 5.41) is 57.4. The van der Waals surface area contributed by atoms with Gasteiger partial charge in [-0.05, 0) is 108 Å². The molecule has 3 aliphatic carbocycles. The molecular weight excluding hydrogens is 1430 g/mol. The Balaban J connectivity index is 0.000000143. The molecule has 7 N–H and O–H groups in total. The lowest BCUT2D eigenvalue weighted by Gasteiger charge is -2.40. The standard InChI is InChI=1S/C22H24N7O6PS.C22H23N7O2S.C20H19N7O2S.C7H16/c1-2-34-16-7-15(8-16)29-11-18(20(27-29)17-5-3-4-6-23-17)25-21(30)19-12-37-22(26-19)14-9-24-28(10-14)13-35-36(31,32)33;1-3-31-16-6-15(7-16)29-11-18(20(28-29)17-5-4-13(2)8-23-17)26-21(30)19-12-32-22(27-19)14-9-24-25-10-14;1-20(29)6-13(7-20)27-10-15(17(26-27)14-4-2-3-5-21-14)24-18(28)16-11-30-19(25-16)12-8-22-23-9-12;1-4-7(5-2)6-3/h3-6,9-12,15-16H,2,7-8,13H2,1H3,(H,25,30)(H2,31,32,33);4-5,8-12,15-16H,3,6-7H2,1-2H3,(H,24,25)(H,26,30);2-5,8-11,13,29H,6-7H2,1H3,(H,22,23)(H,24,28);7H,4-6H2,1-3H3/p-1. The smallest absolute Gasteiger partial charge is 0.275 e. The van der Waals surface area contributed by atoms with Crippen LogP contribution in [0.15, 0.2) is 139 Å². The molecule has 106 heavy (non-hydrogen) atoms. The first-order valence-electron chi connectivity index (χ1n) is 34.7. The Hall–Kier alpha value is -10.0. The number of amides is 3. The summed E-state index contributed by atoms with van der Waals surface area (Å²) in [6.45, 7) is 15.5. The molecule has 3 amide bonds. The third-order valence-corrected chi connectivity index (χ3v) is 21.1. The number of rotatable bonds is 25. The van der Waals surface area contributed by atoms with Crippen LogP contribution in [0, 0.1) is 12.8 Å². The van der Waals surface area contributed by atoms with Gasteiger partial charge in [0.25, 0.3) is 25.5 Å². The Morgan fingerprint density at radius 2 is 1.04 bits per heavy atom. The summed E-state index contributed by atoms with van der Waals surface area (Å²) in [5.74, 6) is -0.0358. The largest absolute Gasteiger partial charge is 0.756 e. The van der Waals surface area contributed by atoms with Crippen LogP contribution in [0.25, 0.3) is 65.9 Å². The van der Waals surface area contributed by atoms with Crippen molar-refractivity contribution in [1.82, 2.24) is 89.4 Å². The Morgan fingerprint density at radius 3 is 1.40 bits per heavy atom.